The lowest BCUT2D eigenvalue weighted by Gasteiger charge is -2.25. The number of carbonyl (C=O) groups excluding carboxylic acids is 2. The highest BCUT2D eigenvalue weighted by molar-refractivity contribution is 7.16. The lowest BCUT2D eigenvalue weighted by Crippen LogP contribution is -2.36. The number of anilines is 1. The predicted octanol–water partition coefficient (Wildman–Crippen LogP) is 3.47. The maximum atomic E-state index is 12.3. The van der Waals surface area contributed by atoms with Crippen molar-refractivity contribution in [3.63, 3.8) is 0 Å². The van der Waals surface area contributed by atoms with E-state index in [1.807, 2.05) is 6.07 Å². The van der Waals surface area contributed by atoms with Gasteiger partial charge in [-0.2, -0.15) is 0 Å². The number of hydrogen-bond acceptors (Lipinski definition) is 5. The molecular weight excluding hydrogens is 312 g/mol. The zero-order valence-corrected chi connectivity index (χ0v) is 15.0. The fraction of sp³-hybridized carbons (Fsp3) is 0.647. The van der Waals surface area contributed by atoms with Crippen LogP contribution in [0, 0.1) is 0 Å². The van der Waals surface area contributed by atoms with Crippen molar-refractivity contribution in [2.45, 2.75) is 46.0 Å². The first-order valence-electron chi connectivity index (χ1n) is 8.34. The summed E-state index contributed by atoms with van der Waals surface area (Å²) in [7, 11) is 0. The lowest BCUT2D eigenvalue weighted by molar-refractivity contribution is -0.117. The van der Waals surface area contributed by atoms with Gasteiger partial charge in [0, 0.05) is 4.88 Å². The molecule has 1 N–H and O–H groups in total. The van der Waals surface area contributed by atoms with Gasteiger partial charge < -0.3 is 10.1 Å². The van der Waals surface area contributed by atoms with E-state index in [1.165, 1.54) is 17.8 Å². The number of nitrogens with one attached hydrogen (secondary N) is 1. The summed E-state index contributed by atoms with van der Waals surface area (Å²) in [5.74, 6) is -0.126. The van der Waals surface area contributed by atoms with Crippen molar-refractivity contribution in [2.24, 2.45) is 0 Å². The zero-order chi connectivity index (χ0) is 16.8. The Labute approximate surface area is 142 Å². The van der Waals surface area contributed by atoms with Gasteiger partial charge in [0.05, 0.1) is 18.7 Å². The van der Waals surface area contributed by atoms with Crippen molar-refractivity contribution in [3.8, 4) is 0 Å². The fourth-order valence-electron chi connectivity index (χ4n) is 2.63. The largest absolute Gasteiger partial charge is 0.462 e. The summed E-state index contributed by atoms with van der Waals surface area (Å²) in [5.41, 5.74) is 0.465. The smallest absolute Gasteiger partial charge is 0.341 e. The number of likely N-dealkylation sites (tertiary alicyclic amines) is 1. The Morgan fingerprint density at radius 2 is 2.00 bits per heavy atom. The highest BCUT2D eigenvalue weighted by atomic mass is 32.1. The van der Waals surface area contributed by atoms with E-state index < -0.39 is 0 Å². The van der Waals surface area contributed by atoms with Crippen LogP contribution in [0.15, 0.2) is 6.07 Å². The van der Waals surface area contributed by atoms with Gasteiger partial charge in [-0.25, -0.2) is 4.79 Å². The molecule has 1 aromatic rings. The molecule has 128 valence electrons. The Kier molecular flexibility index (Phi) is 6.59. The second-order valence-corrected chi connectivity index (χ2v) is 7.24. The number of amides is 1. The van der Waals surface area contributed by atoms with Gasteiger partial charge in [0.15, 0.2) is 0 Å². The van der Waals surface area contributed by atoms with Gasteiger partial charge in [0.25, 0.3) is 0 Å². The van der Waals surface area contributed by atoms with Gasteiger partial charge in [-0.1, -0.05) is 20.3 Å². The van der Waals surface area contributed by atoms with Crippen LogP contribution in [0.4, 0.5) is 5.00 Å². The molecule has 0 radical (unpaired) electrons. The third-order valence-corrected chi connectivity index (χ3v) is 5.24. The van der Waals surface area contributed by atoms with Crippen LogP contribution in [-0.2, 0) is 9.53 Å². The normalized spacial score (nSPS) is 15.7. The predicted molar refractivity (Wildman–Crippen MR) is 93.3 cm³/mol. The molecule has 0 saturated carbocycles. The van der Waals surface area contributed by atoms with Gasteiger partial charge in [0.2, 0.25) is 5.91 Å². The van der Waals surface area contributed by atoms with E-state index >= 15 is 0 Å². The lowest BCUT2D eigenvalue weighted by atomic mass is 10.1. The molecule has 23 heavy (non-hydrogen) atoms. The number of nitrogens with zero attached hydrogens (tertiary/aromatic N) is 1. The van der Waals surface area contributed by atoms with E-state index in [0.717, 1.165) is 30.8 Å². The minimum Gasteiger partial charge on any atom is -0.462 e. The van der Waals surface area contributed by atoms with Crippen molar-refractivity contribution in [1.29, 1.82) is 0 Å². The summed E-state index contributed by atoms with van der Waals surface area (Å²) in [6.45, 7) is 8.58. The van der Waals surface area contributed by atoms with Crippen LogP contribution in [0.25, 0.3) is 0 Å². The Balaban J connectivity index is 2.07. The number of esters is 1. The van der Waals surface area contributed by atoms with Crippen LogP contribution < -0.4 is 5.32 Å². The van der Waals surface area contributed by atoms with Crippen LogP contribution in [0.2, 0.25) is 0 Å². The third-order valence-electron chi connectivity index (χ3n) is 3.88. The summed E-state index contributed by atoms with van der Waals surface area (Å²) < 4.78 is 5.10. The summed E-state index contributed by atoms with van der Waals surface area (Å²) in [5, 5.41) is 3.52. The quantitative estimate of drug-likeness (QED) is 0.807. The number of thiophene rings is 1. The minimum atomic E-state index is -0.371. The van der Waals surface area contributed by atoms with Gasteiger partial charge in [-0.05, 0) is 44.8 Å². The molecule has 0 unspecified atom stereocenters. The zero-order valence-electron chi connectivity index (χ0n) is 14.2. The molecular formula is C17H26N2O3S. The maximum absolute atomic E-state index is 12.3. The van der Waals surface area contributed by atoms with E-state index in [2.05, 4.69) is 24.1 Å². The molecule has 2 heterocycles. The second kappa shape index (κ2) is 8.45. The van der Waals surface area contributed by atoms with Crippen molar-refractivity contribution >= 4 is 28.2 Å². The van der Waals surface area contributed by atoms with Crippen LogP contribution >= 0.6 is 11.3 Å². The van der Waals surface area contributed by atoms with Crippen molar-refractivity contribution < 1.29 is 14.3 Å². The SMILES string of the molecule is CCOC(=O)c1cc(C(C)C)sc1NC(=O)CN1CCCCC1. The molecule has 1 aromatic heterocycles. The van der Waals surface area contributed by atoms with E-state index in [9.17, 15) is 9.59 Å². The summed E-state index contributed by atoms with van der Waals surface area (Å²) >= 11 is 1.46. The first kappa shape index (κ1) is 17.9. The Morgan fingerprint density at radius 1 is 1.30 bits per heavy atom. The van der Waals surface area contributed by atoms with Crippen LogP contribution in [0.1, 0.15) is 61.2 Å². The van der Waals surface area contributed by atoms with Crippen molar-refractivity contribution in [1.82, 2.24) is 4.90 Å². The molecule has 1 saturated heterocycles. The molecule has 0 bridgehead atoms. The summed E-state index contributed by atoms with van der Waals surface area (Å²) in [6.07, 6.45) is 3.55. The molecule has 0 spiro atoms. The van der Waals surface area contributed by atoms with Gasteiger partial charge in [0.1, 0.15) is 5.00 Å². The van der Waals surface area contributed by atoms with Gasteiger partial charge >= 0.3 is 5.97 Å². The van der Waals surface area contributed by atoms with Gasteiger partial charge in [-0.15, -0.1) is 11.3 Å². The molecule has 0 aromatic carbocycles. The van der Waals surface area contributed by atoms with Crippen LogP contribution in [0.5, 0.6) is 0 Å². The average Bonchev–Trinajstić information content (AvgIpc) is 2.92. The molecule has 1 amide bonds. The molecule has 1 aliphatic heterocycles. The fourth-order valence-corrected chi connectivity index (χ4v) is 3.70. The van der Waals surface area contributed by atoms with E-state index in [-0.39, 0.29) is 11.9 Å². The monoisotopic (exact) mass is 338 g/mol. The second-order valence-electron chi connectivity index (χ2n) is 6.15. The maximum Gasteiger partial charge on any atom is 0.341 e. The number of ether oxygens (including phenoxy) is 1. The Bertz CT molecular complexity index is 548. The minimum absolute atomic E-state index is 0.0606. The molecule has 0 aliphatic carbocycles. The Hall–Kier alpha value is -1.40. The first-order chi connectivity index (χ1) is 11.0. The van der Waals surface area contributed by atoms with Crippen molar-refractivity contribution in [3.05, 3.63) is 16.5 Å². The van der Waals surface area contributed by atoms with Crippen molar-refractivity contribution in [2.75, 3.05) is 31.6 Å². The summed E-state index contributed by atoms with van der Waals surface area (Å²) in [4.78, 5) is 27.6. The molecule has 1 fully saturated rings. The molecule has 6 heteroatoms. The molecule has 2 rings (SSSR count). The van der Waals surface area contributed by atoms with E-state index in [0.29, 0.717) is 29.6 Å². The first-order valence-corrected chi connectivity index (χ1v) is 9.16. The molecule has 5 nitrogen and oxygen atoms in total. The molecule has 1 aliphatic rings. The standard InChI is InChI=1S/C17H26N2O3S/c1-4-22-17(21)13-10-14(12(2)3)23-16(13)18-15(20)11-19-8-6-5-7-9-19/h10,12H,4-9,11H2,1-3H3,(H,18,20). The number of piperidine rings is 1. The highest BCUT2D eigenvalue weighted by Crippen LogP contribution is 2.33. The molecule has 0 atom stereocenters. The topological polar surface area (TPSA) is 58.6 Å². The number of hydrogen-bond donors (Lipinski definition) is 1. The van der Waals surface area contributed by atoms with E-state index in [4.69, 9.17) is 4.74 Å². The van der Waals surface area contributed by atoms with E-state index in [1.54, 1.807) is 6.92 Å². The third kappa shape index (κ3) is 5.04. The number of carbonyl (C=O) groups is 2. The number of rotatable bonds is 6. The van der Waals surface area contributed by atoms with Gasteiger partial charge in [-0.3, -0.25) is 9.69 Å². The average molecular weight is 338 g/mol. The van der Waals surface area contributed by atoms with Crippen LogP contribution in [0.3, 0.4) is 0 Å². The highest BCUT2D eigenvalue weighted by Gasteiger charge is 2.21. The summed E-state index contributed by atoms with van der Waals surface area (Å²) in [6, 6.07) is 1.84. The Morgan fingerprint density at radius 3 is 2.61 bits per heavy atom. The van der Waals surface area contributed by atoms with Crippen LogP contribution in [-0.4, -0.2) is 43.0 Å².